The SMILES string of the molecule is CCOc1cccc(CBr)c1OCc1cccc(F)c1. The second-order valence-electron chi connectivity index (χ2n) is 4.23. The number of para-hydroxylation sites is 1. The van der Waals surface area contributed by atoms with Crippen molar-refractivity contribution < 1.29 is 13.9 Å². The van der Waals surface area contributed by atoms with Crippen LogP contribution in [0.4, 0.5) is 4.39 Å². The molecule has 2 aromatic rings. The molecule has 2 rings (SSSR count). The molecule has 2 nitrogen and oxygen atoms in total. The van der Waals surface area contributed by atoms with Crippen molar-refractivity contribution in [3.05, 3.63) is 59.4 Å². The second kappa shape index (κ2) is 7.29. The van der Waals surface area contributed by atoms with Gasteiger partial charge in [0.2, 0.25) is 0 Å². The summed E-state index contributed by atoms with van der Waals surface area (Å²) in [4.78, 5) is 0. The van der Waals surface area contributed by atoms with Crippen molar-refractivity contribution in [1.82, 2.24) is 0 Å². The fourth-order valence-corrected chi connectivity index (χ4v) is 2.32. The molecule has 0 bridgehead atoms. The lowest BCUT2D eigenvalue weighted by Crippen LogP contribution is -2.02. The van der Waals surface area contributed by atoms with E-state index in [1.807, 2.05) is 31.2 Å². The van der Waals surface area contributed by atoms with E-state index in [0.29, 0.717) is 30.0 Å². The molecule has 0 saturated heterocycles. The summed E-state index contributed by atoms with van der Waals surface area (Å²) in [6, 6.07) is 12.2. The van der Waals surface area contributed by atoms with Crippen LogP contribution in [0.2, 0.25) is 0 Å². The van der Waals surface area contributed by atoms with Crippen molar-refractivity contribution in [3.8, 4) is 11.5 Å². The first-order chi connectivity index (χ1) is 9.74. The van der Waals surface area contributed by atoms with E-state index < -0.39 is 0 Å². The Morgan fingerprint density at radius 3 is 2.60 bits per heavy atom. The molecule has 0 fully saturated rings. The number of halogens is 2. The Kier molecular flexibility index (Phi) is 5.41. The van der Waals surface area contributed by atoms with Crippen LogP contribution in [-0.4, -0.2) is 6.61 Å². The molecule has 0 atom stereocenters. The highest BCUT2D eigenvalue weighted by Gasteiger charge is 2.10. The Labute approximate surface area is 126 Å². The minimum atomic E-state index is -0.259. The van der Waals surface area contributed by atoms with Gasteiger partial charge in [-0.3, -0.25) is 0 Å². The van der Waals surface area contributed by atoms with Crippen LogP contribution in [0.5, 0.6) is 11.5 Å². The molecular weight excluding hydrogens is 323 g/mol. The highest BCUT2D eigenvalue weighted by molar-refractivity contribution is 9.08. The fourth-order valence-electron chi connectivity index (χ4n) is 1.88. The smallest absolute Gasteiger partial charge is 0.165 e. The monoisotopic (exact) mass is 338 g/mol. The van der Waals surface area contributed by atoms with E-state index in [9.17, 15) is 4.39 Å². The lowest BCUT2D eigenvalue weighted by atomic mass is 10.2. The quantitative estimate of drug-likeness (QED) is 0.711. The van der Waals surface area contributed by atoms with Gasteiger partial charge >= 0.3 is 0 Å². The molecule has 2 aromatic carbocycles. The van der Waals surface area contributed by atoms with Gasteiger partial charge in [0.1, 0.15) is 12.4 Å². The molecule has 0 unspecified atom stereocenters. The summed E-state index contributed by atoms with van der Waals surface area (Å²) < 4.78 is 24.6. The van der Waals surface area contributed by atoms with Crippen LogP contribution in [0.1, 0.15) is 18.1 Å². The second-order valence-corrected chi connectivity index (χ2v) is 4.79. The van der Waals surface area contributed by atoms with Crippen molar-refractivity contribution in [1.29, 1.82) is 0 Å². The fraction of sp³-hybridized carbons (Fsp3) is 0.250. The molecule has 0 aliphatic carbocycles. The molecular formula is C16H16BrFO2. The topological polar surface area (TPSA) is 18.5 Å². The van der Waals surface area contributed by atoms with Crippen molar-refractivity contribution in [2.24, 2.45) is 0 Å². The summed E-state index contributed by atoms with van der Waals surface area (Å²) in [6.07, 6.45) is 0. The van der Waals surface area contributed by atoms with E-state index in [1.165, 1.54) is 12.1 Å². The van der Waals surface area contributed by atoms with Gasteiger partial charge in [0.25, 0.3) is 0 Å². The largest absolute Gasteiger partial charge is 0.490 e. The number of hydrogen-bond donors (Lipinski definition) is 0. The van der Waals surface area contributed by atoms with Gasteiger partial charge in [0, 0.05) is 10.9 Å². The van der Waals surface area contributed by atoms with Gasteiger partial charge in [0.05, 0.1) is 6.61 Å². The zero-order valence-electron chi connectivity index (χ0n) is 11.2. The summed E-state index contributed by atoms with van der Waals surface area (Å²) in [6.45, 7) is 2.81. The summed E-state index contributed by atoms with van der Waals surface area (Å²) in [5.74, 6) is 1.15. The maximum Gasteiger partial charge on any atom is 0.165 e. The average Bonchev–Trinajstić information content (AvgIpc) is 2.46. The standard InChI is InChI=1S/C16H16BrFO2/c1-2-19-15-8-4-6-13(10-17)16(15)20-11-12-5-3-7-14(18)9-12/h3-9H,2,10-11H2,1H3. The number of alkyl halides is 1. The predicted molar refractivity (Wildman–Crippen MR) is 81.0 cm³/mol. The van der Waals surface area contributed by atoms with Gasteiger partial charge in [0.15, 0.2) is 11.5 Å². The molecule has 0 N–H and O–H groups in total. The zero-order chi connectivity index (χ0) is 14.4. The summed E-state index contributed by atoms with van der Waals surface area (Å²) in [5.41, 5.74) is 1.80. The van der Waals surface area contributed by atoms with Crippen LogP contribution in [-0.2, 0) is 11.9 Å². The van der Waals surface area contributed by atoms with Crippen LogP contribution in [0.3, 0.4) is 0 Å². The van der Waals surface area contributed by atoms with Crippen molar-refractivity contribution >= 4 is 15.9 Å². The zero-order valence-corrected chi connectivity index (χ0v) is 12.8. The van der Waals surface area contributed by atoms with Crippen molar-refractivity contribution in [2.75, 3.05) is 6.61 Å². The normalized spacial score (nSPS) is 10.3. The van der Waals surface area contributed by atoms with Gasteiger partial charge in [-0.25, -0.2) is 4.39 Å². The average molecular weight is 339 g/mol. The van der Waals surface area contributed by atoms with Gasteiger partial charge < -0.3 is 9.47 Å². The Bertz CT molecular complexity index is 572. The molecule has 20 heavy (non-hydrogen) atoms. The number of rotatable bonds is 6. The highest BCUT2D eigenvalue weighted by atomic mass is 79.9. The van der Waals surface area contributed by atoms with E-state index in [0.717, 1.165) is 11.1 Å². The molecule has 0 saturated carbocycles. The summed E-state index contributed by atoms with van der Waals surface area (Å²) in [7, 11) is 0. The Morgan fingerprint density at radius 1 is 1.10 bits per heavy atom. The van der Waals surface area contributed by atoms with Gasteiger partial charge in [-0.2, -0.15) is 0 Å². The van der Waals surface area contributed by atoms with Gasteiger partial charge in [-0.1, -0.05) is 40.2 Å². The molecule has 4 heteroatoms. The molecule has 0 aliphatic rings. The number of hydrogen-bond acceptors (Lipinski definition) is 2. The maximum absolute atomic E-state index is 13.2. The van der Waals surface area contributed by atoms with E-state index in [1.54, 1.807) is 6.07 Å². The maximum atomic E-state index is 13.2. The van der Waals surface area contributed by atoms with Crippen molar-refractivity contribution in [3.63, 3.8) is 0 Å². The minimum Gasteiger partial charge on any atom is -0.490 e. The van der Waals surface area contributed by atoms with Crippen LogP contribution in [0.15, 0.2) is 42.5 Å². The molecule has 106 valence electrons. The molecule has 0 amide bonds. The third kappa shape index (κ3) is 3.73. The Hall–Kier alpha value is -1.55. The molecule has 0 radical (unpaired) electrons. The van der Waals surface area contributed by atoms with Gasteiger partial charge in [-0.05, 0) is 30.7 Å². The van der Waals surface area contributed by atoms with Crippen molar-refractivity contribution in [2.45, 2.75) is 18.9 Å². The first-order valence-electron chi connectivity index (χ1n) is 6.42. The lowest BCUT2D eigenvalue weighted by molar-refractivity contribution is 0.267. The third-order valence-electron chi connectivity index (χ3n) is 2.78. The summed E-state index contributed by atoms with van der Waals surface area (Å²) >= 11 is 3.44. The van der Waals surface area contributed by atoms with Crippen LogP contribution >= 0.6 is 15.9 Å². The third-order valence-corrected chi connectivity index (χ3v) is 3.38. The number of benzene rings is 2. The lowest BCUT2D eigenvalue weighted by Gasteiger charge is -2.15. The van der Waals surface area contributed by atoms with Gasteiger partial charge in [-0.15, -0.1) is 0 Å². The number of ether oxygens (including phenoxy) is 2. The molecule has 0 spiro atoms. The van der Waals surface area contributed by atoms with Crippen LogP contribution < -0.4 is 9.47 Å². The Morgan fingerprint density at radius 2 is 1.90 bits per heavy atom. The predicted octanol–water partition coefficient (Wildman–Crippen LogP) is 4.70. The van der Waals surface area contributed by atoms with E-state index in [4.69, 9.17) is 9.47 Å². The van der Waals surface area contributed by atoms with Crippen LogP contribution in [0, 0.1) is 5.82 Å². The van der Waals surface area contributed by atoms with E-state index in [2.05, 4.69) is 15.9 Å². The first kappa shape index (κ1) is 14.9. The minimum absolute atomic E-state index is 0.259. The Balaban J connectivity index is 2.19. The first-order valence-corrected chi connectivity index (χ1v) is 7.54. The molecule has 0 aliphatic heterocycles. The van der Waals surface area contributed by atoms with E-state index >= 15 is 0 Å². The molecule has 0 heterocycles. The highest BCUT2D eigenvalue weighted by Crippen LogP contribution is 2.33. The van der Waals surface area contributed by atoms with Crippen LogP contribution in [0.25, 0.3) is 0 Å². The van der Waals surface area contributed by atoms with E-state index in [-0.39, 0.29) is 5.82 Å². The summed E-state index contributed by atoms with van der Waals surface area (Å²) in [5, 5.41) is 0.673. The molecule has 0 aromatic heterocycles.